The van der Waals surface area contributed by atoms with Gasteiger partial charge in [-0.3, -0.25) is 9.78 Å². The van der Waals surface area contributed by atoms with E-state index < -0.39 is 12.5 Å². The minimum Gasteiger partial charge on any atom is -0.398 e. The summed E-state index contributed by atoms with van der Waals surface area (Å²) in [6, 6.07) is 5.15. The Labute approximate surface area is 132 Å². The molecule has 0 spiro atoms. The normalized spacial score (nSPS) is 9.91. The third kappa shape index (κ3) is 3.02. The number of nitriles is 1. The second kappa shape index (κ2) is 6.45. The summed E-state index contributed by atoms with van der Waals surface area (Å²) in [4.78, 5) is 15.6. The fraction of sp³-hybridized carbons (Fsp3) is 0.0714. The number of rotatable bonds is 3. The van der Waals surface area contributed by atoms with Crippen molar-refractivity contribution in [3.63, 3.8) is 0 Å². The van der Waals surface area contributed by atoms with Crippen LogP contribution in [0.5, 0.6) is 0 Å². The van der Waals surface area contributed by atoms with Crippen molar-refractivity contribution in [3.8, 4) is 5.97 Å². The molecule has 5 nitrogen and oxygen atoms in total. The van der Waals surface area contributed by atoms with Crippen molar-refractivity contribution in [1.82, 2.24) is 10.3 Å². The van der Waals surface area contributed by atoms with E-state index in [-0.39, 0.29) is 33.2 Å². The third-order valence-corrected chi connectivity index (χ3v) is 3.45. The molecule has 1 aromatic heterocycles. The van der Waals surface area contributed by atoms with E-state index in [1.165, 1.54) is 37.5 Å². The highest BCUT2D eigenvalue weighted by molar-refractivity contribution is 6.92. The van der Waals surface area contributed by atoms with Crippen LogP contribution in [0.4, 0.5) is 10.1 Å². The Hall–Kier alpha value is -2.59. The van der Waals surface area contributed by atoms with Gasteiger partial charge in [0.25, 0.3) is 5.91 Å². The number of carbonyl (C=O) groups is 1. The Morgan fingerprint density at radius 2 is 2.23 bits per heavy atom. The summed E-state index contributed by atoms with van der Waals surface area (Å²) in [5, 5.41) is 12.1. The molecule has 0 bridgehead atoms. The van der Waals surface area contributed by atoms with Crippen LogP contribution in [0.25, 0.3) is 0 Å². The molecule has 1 aromatic carbocycles. The molecule has 2 rings (SSSR count). The maximum atomic E-state index is 13.4. The van der Waals surface area contributed by atoms with Gasteiger partial charge in [0.2, 0.25) is 0 Å². The van der Waals surface area contributed by atoms with Crippen LogP contribution in [0.3, 0.4) is 0 Å². The molecule has 0 aliphatic rings. The molecule has 0 unspecified atom stereocenters. The van der Waals surface area contributed by atoms with E-state index in [2.05, 4.69) is 10.3 Å². The van der Waals surface area contributed by atoms with E-state index in [9.17, 15) is 14.4 Å². The summed E-state index contributed by atoms with van der Waals surface area (Å²) in [6.07, 6.45) is 1.31. The second-order valence-corrected chi connectivity index (χ2v) is 4.91. The number of anilines is 1. The van der Waals surface area contributed by atoms with Crippen LogP contribution in [-0.4, -0.2) is 24.7 Å². The van der Waals surface area contributed by atoms with Gasteiger partial charge < -0.3 is 11.1 Å². The zero-order valence-electron chi connectivity index (χ0n) is 11.6. The third-order valence-electron chi connectivity index (χ3n) is 3.11. The molecular formula is C14H11BClFN4O. The number of nitrogens with one attached hydrogen (secondary N) is 1. The lowest BCUT2D eigenvalue weighted by molar-refractivity contribution is 0.0963. The summed E-state index contributed by atoms with van der Waals surface area (Å²) < 4.78 is 13.4. The van der Waals surface area contributed by atoms with Crippen molar-refractivity contribution in [2.75, 3.05) is 12.8 Å². The van der Waals surface area contributed by atoms with Gasteiger partial charge >= 0.3 is 6.71 Å². The fourth-order valence-corrected chi connectivity index (χ4v) is 2.24. The highest BCUT2D eigenvalue weighted by atomic mass is 35.5. The van der Waals surface area contributed by atoms with Crippen LogP contribution in [0.15, 0.2) is 30.5 Å². The summed E-state index contributed by atoms with van der Waals surface area (Å²) in [7, 11) is 1.48. The monoisotopic (exact) mass is 316 g/mol. The summed E-state index contributed by atoms with van der Waals surface area (Å²) in [5.74, 6) is 1.15. The van der Waals surface area contributed by atoms with E-state index in [1.807, 2.05) is 5.97 Å². The molecule has 2 aromatic rings. The average Bonchev–Trinajstić information content (AvgIpc) is 2.51. The van der Waals surface area contributed by atoms with Gasteiger partial charge in [0.15, 0.2) is 0 Å². The number of aromatic nitrogens is 1. The van der Waals surface area contributed by atoms with E-state index in [0.29, 0.717) is 0 Å². The Kier molecular flexibility index (Phi) is 4.63. The van der Waals surface area contributed by atoms with Crippen LogP contribution >= 0.6 is 11.6 Å². The maximum Gasteiger partial charge on any atom is 0.357 e. The molecule has 1 amide bonds. The van der Waals surface area contributed by atoms with E-state index in [4.69, 9.17) is 17.3 Å². The van der Waals surface area contributed by atoms with Crippen LogP contribution in [-0.2, 0) is 0 Å². The number of carbonyl (C=O) groups excluding carboxylic acids is 1. The lowest BCUT2D eigenvalue weighted by Gasteiger charge is -2.11. The van der Waals surface area contributed by atoms with Gasteiger partial charge in [0.05, 0.1) is 11.2 Å². The zero-order valence-corrected chi connectivity index (χ0v) is 12.4. The predicted octanol–water partition coefficient (Wildman–Crippen LogP) is 0.488. The smallest absolute Gasteiger partial charge is 0.357 e. The number of hydrogen-bond acceptors (Lipinski definition) is 4. The highest BCUT2D eigenvalue weighted by Gasteiger charge is 2.27. The molecule has 0 aliphatic heterocycles. The van der Waals surface area contributed by atoms with Gasteiger partial charge in [-0.1, -0.05) is 11.6 Å². The van der Waals surface area contributed by atoms with Crippen molar-refractivity contribution in [2.45, 2.75) is 0 Å². The molecule has 3 N–H and O–H groups in total. The van der Waals surface area contributed by atoms with Crippen molar-refractivity contribution in [3.05, 3.63) is 46.9 Å². The number of amides is 1. The molecule has 0 atom stereocenters. The first-order chi connectivity index (χ1) is 10.5. The topological polar surface area (TPSA) is 91.8 Å². The van der Waals surface area contributed by atoms with Gasteiger partial charge in [-0.15, -0.1) is 0 Å². The average molecular weight is 317 g/mol. The van der Waals surface area contributed by atoms with Crippen LogP contribution in [0.1, 0.15) is 10.4 Å². The number of pyridine rings is 1. The second-order valence-electron chi connectivity index (χ2n) is 4.51. The lowest BCUT2D eigenvalue weighted by atomic mass is 9.43. The Balaban J connectivity index is 2.51. The number of halogens is 2. The summed E-state index contributed by atoms with van der Waals surface area (Å²) >= 11 is 6.03. The standard InChI is InChI=1S/C14H11BClFN4O/c1-20-14(22)8-4-12(19)13(21-6-8)15(7-18)10-5-9(17)2-3-11(10)16/h2-6H,19H2,1H3,(H,20,22). The molecule has 0 saturated carbocycles. The quantitative estimate of drug-likeness (QED) is 0.806. The van der Waals surface area contributed by atoms with E-state index in [1.54, 1.807) is 0 Å². The SMILES string of the molecule is CNC(=O)c1cnc(B(C#N)c2cc(F)ccc2Cl)c(N)c1. The van der Waals surface area contributed by atoms with Gasteiger partial charge in [-0.25, -0.2) is 9.65 Å². The molecule has 0 saturated heterocycles. The minimum atomic E-state index is -0.929. The van der Waals surface area contributed by atoms with Gasteiger partial charge in [0.1, 0.15) is 5.82 Å². The minimum absolute atomic E-state index is 0.160. The number of nitrogens with zero attached hydrogens (tertiary/aromatic N) is 2. The van der Waals surface area contributed by atoms with E-state index >= 15 is 0 Å². The number of benzene rings is 1. The Morgan fingerprint density at radius 1 is 1.50 bits per heavy atom. The first kappa shape index (κ1) is 15.8. The van der Waals surface area contributed by atoms with Crippen molar-refractivity contribution >= 4 is 41.0 Å². The zero-order chi connectivity index (χ0) is 16.3. The predicted molar refractivity (Wildman–Crippen MR) is 84.1 cm³/mol. The Bertz CT molecular complexity index is 778. The molecule has 8 heteroatoms. The van der Waals surface area contributed by atoms with Crippen LogP contribution in [0.2, 0.25) is 5.02 Å². The Morgan fingerprint density at radius 3 is 2.82 bits per heavy atom. The van der Waals surface area contributed by atoms with Crippen molar-refractivity contribution in [2.24, 2.45) is 0 Å². The maximum absolute atomic E-state index is 13.4. The number of hydrogen-bond donors (Lipinski definition) is 2. The largest absolute Gasteiger partial charge is 0.398 e. The molecular weight excluding hydrogens is 305 g/mol. The number of nitrogens with two attached hydrogens (primary N) is 1. The lowest BCUT2D eigenvalue weighted by Crippen LogP contribution is -2.45. The van der Waals surface area contributed by atoms with Gasteiger partial charge in [-0.2, -0.15) is 0 Å². The highest BCUT2D eigenvalue weighted by Crippen LogP contribution is 2.10. The molecule has 110 valence electrons. The van der Waals surface area contributed by atoms with E-state index in [0.717, 1.165) is 0 Å². The van der Waals surface area contributed by atoms with Crippen LogP contribution < -0.4 is 22.1 Å². The first-order valence-electron chi connectivity index (χ1n) is 6.30. The fourth-order valence-electron chi connectivity index (χ4n) is 2.02. The first-order valence-corrected chi connectivity index (χ1v) is 6.67. The van der Waals surface area contributed by atoms with Crippen molar-refractivity contribution in [1.29, 1.82) is 5.26 Å². The molecule has 1 heterocycles. The van der Waals surface area contributed by atoms with Crippen molar-refractivity contribution < 1.29 is 9.18 Å². The number of nitrogen functional groups attached to an aromatic ring is 1. The molecule has 0 aliphatic carbocycles. The molecule has 22 heavy (non-hydrogen) atoms. The van der Waals surface area contributed by atoms with Crippen LogP contribution in [0, 0.1) is 17.0 Å². The van der Waals surface area contributed by atoms with Gasteiger partial charge in [0, 0.05) is 29.9 Å². The molecule has 0 fully saturated rings. The summed E-state index contributed by atoms with van der Waals surface area (Å²) in [6.45, 7) is -0.929. The molecule has 0 radical (unpaired) electrons. The summed E-state index contributed by atoms with van der Waals surface area (Å²) in [5.41, 5.74) is 6.81. The van der Waals surface area contributed by atoms with Gasteiger partial charge in [-0.05, 0) is 29.7 Å².